The Labute approximate surface area is 137 Å². The van der Waals surface area contributed by atoms with Gasteiger partial charge in [0.15, 0.2) is 11.5 Å². The summed E-state index contributed by atoms with van der Waals surface area (Å²) >= 11 is 11.7. The van der Waals surface area contributed by atoms with Gasteiger partial charge in [-0.05, 0) is 29.8 Å². The Kier molecular flexibility index (Phi) is 4.41. The van der Waals surface area contributed by atoms with E-state index in [4.69, 9.17) is 37.4 Å². The van der Waals surface area contributed by atoms with Gasteiger partial charge in [-0.1, -0.05) is 29.3 Å². The van der Waals surface area contributed by atoms with Gasteiger partial charge in [-0.15, -0.1) is 0 Å². The quantitative estimate of drug-likeness (QED) is 0.628. The molecule has 3 rings (SSSR count). The Bertz CT molecular complexity index is 715. The molecule has 0 N–H and O–H groups in total. The number of benzene rings is 2. The number of carbonyl (C=O) groups is 1. The summed E-state index contributed by atoms with van der Waals surface area (Å²) in [5, 5.41) is 0.750. The Morgan fingerprint density at radius 1 is 1.00 bits per heavy atom. The van der Waals surface area contributed by atoms with Gasteiger partial charge in [-0.2, -0.15) is 0 Å². The molecule has 4 nitrogen and oxygen atoms in total. The number of hydrogen-bond acceptors (Lipinski definition) is 4. The van der Waals surface area contributed by atoms with E-state index in [-0.39, 0.29) is 6.42 Å². The summed E-state index contributed by atoms with van der Waals surface area (Å²) in [6.07, 6.45) is 0.122. The standard InChI is InChI=1S/C16H12Cl2O4/c17-12-3-2-11(9-13(12)18)22-16(19)8-10-1-4-14-15(7-10)21-6-5-20-14/h1-4,7,9H,5-6,8H2. The normalized spacial score (nSPS) is 12.8. The van der Waals surface area contributed by atoms with Crippen molar-refractivity contribution in [1.29, 1.82) is 0 Å². The Morgan fingerprint density at radius 3 is 2.55 bits per heavy atom. The molecule has 2 aromatic carbocycles. The zero-order valence-electron chi connectivity index (χ0n) is 11.5. The molecule has 6 heteroatoms. The van der Waals surface area contributed by atoms with Gasteiger partial charge in [-0.25, -0.2) is 0 Å². The number of halogens is 2. The number of rotatable bonds is 3. The SMILES string of the molecule is O=C(Cc1ccc2c(c1)OCCO2)Oc1ccc(Cl)c(Cl)c1. The third kappa shape index (κ3) is 3.46. The molecule has 0 fully saturated rings. The molecule has 114 valence electrons. The van der Waals surface area contributed by atoms with Crippen molar-refractivity contribution >= 4 is 29.2 Å². The Balaban J connectivity index is 1.67. The first kappa shape index (κ1) is 15.0. The summed E-state index contributed by atoms with van der Waals surface area (Å²) in [6, 6.07) is 10.1. The summed E-state index contributed by atoms with van der Waals surface area (Å²) in [4.78, 5) is 12.0. The molecule has 0 atom stereocenters. The molecule has 0 aliphatic carbocycles. The molecule has 0 unspecified atom stereocenters. The first-order valence-corrected chi connectivity index (χ1v) is 7.42. The lowest BCUT2D eigenvalue weighted by Gasteiger charge is -2.18. The minimum atomic E-state index is -0.393. The van der Waals surface area contributed by atoms with Crippen molar-refractivity contribution < 1.29 is 19.0 Å². The number of hydrogen-bond donors (Lipinski definition) is 0. The van der Waals surface area contributed by atoms with Crippen LogP contribution in [0.25, 0.3) is 0 Å². The summed E-state index contributed by atoms with van der Waals surface area (Å²) in [5.41, 5.74) is 0.786. The van der Waals surface area contributed by atoms with E-state index in [1.165, 1.54) is 6.07 Å². The van der Waals surface area contributed by atoms with Crippen LogP contribution in [0.2, 0.25) is 10.0 Å². The van der Waals surface area contributed by atoms with E-state index < -0.39 is 5.97 Å². The highest BCUT2D eigenvalue weighted by Gasteiger charge is 2.14. The van der Waals surface area contributed by atoms with Crippen LogP contribution >= 0.6 is 23.2 Å². The van der Waals surface area contributed by atoms with Crippen molar-refractivity contribution in [2.45, 2.75) is 6.42 Å². The number of fused-ring (bicyclic) bond motifs is 1. The van der Waals surface area contributed by atoms with Crippen LogP contribution < -0.4 is 14.2 Å². The predicted octanol–water partition coefficient (Wildman–Crippen LogP) is 3.91. The molecule has 0 saturated carbocycles. The summed E-state index contributed by atoms with van der Waals surface area (Å²) in [7, 11) is 0. The fourth-order valence-corrected chi connectivity index (χ4v) is 2.36. The number of esters is 1. The number of carbonyl (C=O) groups excluding carboxylic acids is 1. The van der Waals surface area contributed by atoms with Crippen LogP contribution in [0.5, 0.6) is 17.2 Å². The summed E-state index contributed by atoms with van der Waals surface area (Å²) < 4.78 is 16.2. The largest absolute Gasteiger partial charge is 0.486 e. The highest BCUT2D eigenvalue weighted by molar-refractivity contribution is 6.42. The average Bonchev–Trinajstić information content (AvgIpc) is 2.51. The lowest BCUT2D eigenvalue weighted by Crippen LogP contribution is -2.16. The van der Waals surface area contributed by atoms with Crippen LogP contribution in [0.15, 0.2) is 36.4 Å². The smallest absolute Gasteiger partial charge is 0.315 e. The van der Waals surface area contributed by atoms with Gasteiger partial charge in [0.25, 0.3) is 0 Å². The van der Waals surface area contributed by atoms with E-state index in [1.54, 1.807) is 24.3 Å². The molecule has 1 heterocycles. The third-order valence-corrected chi connectivity index (χ3v) is 3.82. The highest BCUT2D eigenvalue weighted by atomic mass is 35.5. The van der Waals surface area contributed by atoms with Gasteiger partial charge < -0.3 is 14.2 Å². The van der Waals surface area contributed by atoms with E-state index in [0.717, 1.165) is 5.56 Å². The highest BCUT2D eigenvalue weighted by Crippen LogP contribution is 2.31. The van der Waals surface area contributed by atoms with Crippen LogP contribution in [0.4, 0.5) is 0 Å². The Hall–Kier alpha value is -1.91. The molecule has 1 aliphatic heterocycles. The minimum Gasteiger partial charge on any atom is -0.486 e. The maximum absolute atomic E-state index is 12.0. The average molecular weight is 339 g/mol. The summed E-state index contributed by atoms with van der Waals surface area (Å²) in [6.45, 7) is 1.04. The van der Waals surface area contributed by atoms with Crippen LogP contribution in [-0.4, -0.2) is 19.2 Å². The molecule has 0 radical (unpaired) electrons. The van der Waals surface area contributed by atoms with E-state index >= 15 is 0 Å². The molecule has 0 saturated heterocycles. The van der Waals surface area contributed by atoms with Crippen LogP contribution in [0.3, 0.4) is 0 Å². The van der Waals surface area contributed by atoms with E-state index in [2.05, 4.69) is 0 Å². The van der Waals surface area contributed by atoms with E-state index in [1.807, 2.05) is 6.07 Å². The second kappa shape index (κ2) is 6.46. The molecule has 22 heavy (non-hydrogen) atoms. The fraction of sp³-hybridized carbons (Fsp3) is 0.188. The zero-order chi connectivity index (χ0) is 15.5. The lowest BCUT2D eigenvalue weighted by molar-refractivity contribution is -0.133. The topological polar surface area (TPSA) is 44.8 Å². The molecular weight excluding hydrogens is 327 g/mol. The van der Waals surface area contributed by atoms with Gasteiger partial charge in [0, 0.05) is 6.07 Å². The van der Waals surface area contributed by atoms with Crippen molar-refractivity contribution in [2.24, 2.45) is 0 Å². The maximum Gasteiger partial charge on any atom is 0.315 e. The molecule has 0 aromatic heterocycles. The van der Waals surface area contributed by atoms with Crippen LogP contribution in [-0.2, 0) is 11.2 Å². The van der Waals surface area contributed by atoms with E-state index in [0.29, 0.717) is 40.5 Å². The van der Waals surface area contributed by atoms with Gasteiger partial charge in [0.1, 0.15) is 19.0 Å². The second-order valence-electron chi connectivity index (χ2n) is 4.70. The van der Waals surface area contributed by atoms with E-state index in [9.17, 15) is 4.79 Å². The van der Waals surface area contributed by atoms with Crippen molar-refractivity contribution in [3.8, 4) is 17.2 Å². The third-order valence-electron chi connectivity index (χ3n) is 3.08. The van der Waals surface area contributed by atoms with Crippen LogP contribution in [0, 0.1) is 0 Å². The molecule has 2 aromatic rings. The van der Waals surface area contributed by atoms with Crippen LogP contribution in [0.1, 0.15) is 5.56 Å². The van der Waals surface area contributed by atoms with Gasteiger partial charge in [0.05, 0.1) is 16.5 Å². The molecule has 0 bridgehead atoms. The molecular formula is C16H12Cl2O4. The van der Waals surface area contributed by atoms with Crippen molar-refractivity contribution in [1.82, 2.24) is 0 Å². The maximum atomic E-state index is 12.0. The van der Waals surface area contributed by atoms with Gasteiger partial charge in [0.2, 0.25) is 0 Å². The minimum absolute atomic E-state index is 0.122. The second-order valence-corrected chi connectivity index (χ2v) is 5.52. The summed E-state index contributed by atoms with van der Waals surface area (Å²) in [5.74, 6) is 1.30. The van der Waals surface area contributed by atoms with Crippen molar-refractivity contribution in [3.63, 3.8) is 0 Å². The van der Waals surface area contributed by atoms with Gasteiger partial charge in [-0.3, -0.25) is 4.79 Å². The first-order chi connectivity index (χ1) is 10.6. The van der Waals surface area contributed by atoms with Gasteiger partial charge >= 0.3 is 5.97 Å². The fourth-order valence-electron chi connectivity index (χ4n) is 2.07. The first-order valence-electron chi connectivity index (χ1n) is 6.66. The zero-order valence-corrected chi connectivity index (χ0v) is 13.0. The molecule has 0 spiro atoms. The monoisotopic (exact) mass is 338 g/mol. The Morgan fingerprint density at radius 2 is 1.77 bits per heavy atom. The number of ether oxygens (including phenoxy) is 3. The molecule has 1 aliphatic rings. The van der Waals surface area contributed by atoms with Crippen molar-refractivity contribution in [3.05, 3.63) is 52.0 Å². The predicted molar refractivity (Wildman–Crippen MR) is 83.2 cm³/mol. The molecule has 0 amide bonds. The lowest BCUT2D eigenvalue weighted by atomic mass is 10.1. The van der Waals surface area contributed by atoms with Crippen molar-refractivity contribution in [2.75, 3.05) is 13.2 Å².